The molecule has 1 aromatic carbocycles. The van der Waals surface area contributed by atoms with E-state index in [0.29, 0.717) is 5.75 Å². The monoisotopic (exact) mass is 344 g/mol. The lowest BCUT2D eigenvalue weighted by Crippen LogP contribution is -2.41. The van der Waals surface area contributed by atoms with E-state index in [2.05, 4.69) is 24.3 Å². The van der Waals surface area contributed by atoms with Gasteiger partial charge in [0.1, 0.15) is 0 Å². The first kappa shape index (κ1) is 17.8. The Labute approximate surface area is 149 Å². The molecule has 1 aliphatic heterocycles. The van der Waals surface area contributed by atoms with Crippen molar-refractivity contribution in [2.45, 2.75) is 58.7 Å². The summed E-state index contributed by atoms with van der Waals surface area (Å²) < 4.78 is 12.4. The summed E-state index contributed by atoms with van der Waals surface area (Å²) in [6.45, 7) is 9.79. The highest BCUT2D eigenvalue weighted by Gasteiger charge is 2.52. The maximum absolute atomic E-state index is 11.4. The van der Waals surface area contributed by atoms with E-state index in [-0.39, 0.29) is 16.3 Å². The average molecular weight is 344 g/mol. The predicted molar refractivity (Wildman–Crippen MR) is 101 cm³/mol. The van der Waals surface area contributed by atoms with Crippen LogP contribution in [0.2, 0.25) is 0 Å². The molecule has 0 saturated carbocycles. The second-order valence-electron chi connectivity index (χ2n) is 7.62. The van der Waals surface area contributed by atoms with Crippen LogP contribution < -0.4 is 0 Å². The highest BCUT2D eigenvalue weighted by atomic mass is 32.2. The van der Waals surface area contributed by atoms with Gasteiger partial charge in [-0.15, -0.1) is 0 Å². The molecule has 0 radical (unpaired) electrons. The van der Waals surface area contributed by atoms with E-state index < -0.39 is 7.12 Å². The van der Waals surface area contributed by atoms with Crippen molar-refractivity contribution in [3.8, 4) is 0 Å². The van der Waals surface area contributed by atoms with Gasteiger partial charge < -0.3 is 9.31 Å². The maximum Gasteiger partial charge on any atom is 0.491 e. The standard InChI is InChI=1S/C19H25BO3S/c1-13(21)24-12-17(20-22-18(2,3)19(4,5)23-20)11-14-6-7-15-8-9-16(15)10-14/h6-7,10-11H,8-9,12H2,1-5H3. The van der Waals surface area contributed by atoms with Gasteiger partial charge in [0.2, 0.25) is 0 Å². The van der Waals surface area contributed by atoms with Gasteiger partial charge in [-0.25, -0.2) is 0 Å². The second kappa shape index (κ2) is 6.36. The molecule has 0 spiro atoms. The molecule has 0 aromatic heterocycles. The van der Waals surface area contributed by atoms with Crippen LogP contribution in [0.3, 0.4) is 0 Å². The summed E-state index contributed by atoms with van der Waals surface area (Å²) in [5.41, 5.74) is 4.28. The smallest absolute Gasteiger partial charge is 0.400 e. The van der Waals surface area contributed by atoms with Crippen molar-refractivity contribution in [1.29, 1.82) is 0 Å². The summed E-state index contributed by atoms with van der Waals surface area (Å²) in [5, 5.41) is 0.106. The Bertz CT molecular complexity index is 678. The number of thioether (sulfide) groups is 1. The number of hydrogen-bond acceptors (Lipinski definition) is 4. The largest absolute Gasteiger partial charge is 0.491 e. The van der Waals surface area contributed by atoms with Gasteiger partial charge in [0.15, 0.2) is 5.12 Å². The van der Waals surface area contributed by atoms with Gasteiger partial charge in [0, 0.05) is 12.7 Å². The Morgan fingerprint density at radius 2 is 1.79 bits per heavy atom. The fourth-order valence-electron chi connectivity index (χ4n) is 2.88. The van der Waals surface area contributed by atoms with E-state index in [1.54, 1.807) is 6.92 Å². The fraction of sp³-hybridized carbons (Fsp3) is 0.526. The normalized spacial score (nSPS) is 21.4. The maximum atomic E-state index is 11.4. The van der Waals surface area contributed by atoms with Gasteiger partial charge in [0.05, 0.1) is 11.2 Å². The molecule has 1 saturated heterocycles. The number of rotatable bonds is 4. The molecule has 0 unspecified atom stereocenters. The zero-order valence-electron chi connectivity index (χ0n) is 15.1. The second-order valence-corrected chi connectivity index (χ2v) is 8.77. The van der Waals surface area contributed by atoms with E-state index in [0.717, 1.165) is 17.5 Å². The van der Waals surface area contributed by atoms with Crippen molar-refractivity contribution >= 4 is 30.1 Å². The summed E-state index contributed by atoms with van der Waals surface area (Å²) in [5.74, 6) is 0.587. The Kier molecular flexibility index (Phi) is 4.71. The number of fused-ring (bicyclic) bond motifs is 1. The zero-order valence-corrected chi connectivity index (χ0v) is 16.0. The first-order valence-corrected chi connectivity index (χ1v) is 9.48. The molecule has 0 bridgehead atoms. The average Bonchev–Trinajstić information content (AvgIpc) is 2.66. The Balaban J connectivity index is 1.87. The Morgan fingerprint density at radius 3 is 2.29 bits per heavy atom. The van der Waals surface area contributed by atoms with Crippen LogP contribution in [0, 0.1) is 0 Å². The molecule has 2 aliphatic rings. The van der Waals surface area contributed by atoms with Crippen molar-refractivity contribution in [1.82, 2.24) is 0 Å². The van der Waals surface area contributed by atoms with Crippen molar-refractivity contribution in [3.05, 3.63) is 40.4 Å². The SMILES string of the molecule is CC(=O)SCC(=Cc1ccc2c(c1)CC2)B1OC(C)(C)C(C)(C)O1. The van der Waals surface area contributed by atoms with Gasteiger partial charge in [-0.2, -0.15) is 0 Å². The number of carbonyl (C=O) groups excluding carboxylic acids is 1. The summed E-state index contributed by atoms with van der Waals surface area (Å²) >= 11 is 1.30. The van der Waals surface area contributed by atoms with Gasteiger partial charge in [0.25, 0.3) is 0 Å². The third-order valence-corrected chi connectivity index (χ3v) is 6.13. The summed E-state index contributed by atoms with van der Waals surface area (Å²) in [6, 6.07) is 6.58. The lowest BCUT2D eigenvalue weighted by Gasteiger charge is -2.32. The highest BCUT2D eigenvalue weighted by molar-refractivity contribution is 8.13. The molecule has 3 rings (SSSR count). The molecule has 0 amide bonds. The number of benzene rings is 1. The van der Waals surface area contributed by atoms with Crippen LogP contribution in [0.4, 0.5) is 0 Å². The van der Waals surface area contributed by atoms with Crippen molar-refractivity contribution in [2.75, 3.05) is 5.75 Å². The molecule has 5 heteroatoms. The molecule has 24 heavy (non-hydrogen) atoms. The topological polar surface area (TPSA) is 35.5 Å². The number of aryl methyl sites for hydroxylation is 2. The first-order chi connectivity index (χ1) is 11.2. The van der Waals surface area contributed by atoms with Crippen LogP contribution in [-0.2, 0) is 26.9 Å². The van der Waals surface area contributed by atoms with E-state index in [4.69, 9.17) is 9.31 Å². The number of carbonyl (C=O) groups is 1. The highest BCUT2D eigenvalue weighted by Crippen LogP contribution is 2.39. The fourth-order valence-corrected chi connectivity index (χ4v) is 3.47. The number of hydrogen-bond donors (Lipinski definition) is 0. The molecule has 1 heterocycles. The molecule has 1 aromatic rings. The predicted octanol–water partition coefficient (Wildman–Crippen LogP) is 4.08. The van der Waals surface area contributed by atoms with Crippen LogP contribution in [0.5, 0.6) is 0 Å². The lowest BCUT2D eigenvalue weighted by atomic mass is 9.77. The Morgan fingerprint density at radius 1 is 1.17 bits per heavy atom. The summed E-state index contributed by atoms with van der Waals surface area (Å²) in [6.07, 6.45) is 4.46. The van der Waals surface area contributed by atoms with Crippen molar-refractivity contribution in [2.24, 2.45) is 0 Å². The van der Waals surface area contributed by atoms with E-state index in [1.165, 1.54) is 29.3 Å². The quantitative estimate of drug-likeness (QED) is 0.771. The lowest BCUT2D eigenvalue weighted by molar-refractivity contribution is -0.109. The molecule has 1 aliphatic carbocycles. The van der Waals surface area contributed by atoms with Gasteiger partial charge in [-0.05, 0) is 62.7 Å². The molecule has 3 nitrogen and oxygen atoms in total. The zero-order chi connectivity index (χ0) is 17.5. The molecule has 1 fully saturated rings. The third-order valence-electron chi connectivity index (χ3n) is 5.24. The minimum atomic E-state index is -0.409. The van der Waals surface area contributed by atoms with Gasteiger partial charge in [-0.3, -0.25) is 4.79 Å². The van der Waals surface area contributed by atoms with Crippen LogP contribution in [0.15, 0.2) is 23.7 Å². The van der Waals surface area contributed by atoms with Crippen LogP contribution in [0.1, 0.15) is 51.3 Å². The van der Waals surface area contributed by atoms with E-state index in [9.17, 15) is 4.79 Å². The van der Waals surface area contributed by atoms with E-state index >= 15 is 0 Å². The molecule has 128 valence electrons. The third kappa shape index (κ3) is 3.49. The van der Waals surface area contributed by atoms with Crippen molar-refractivity contribution in [3.63, 3.8) is 0 Å². The molecular weight excluding hydrogens is 319 g/mol. The molecular formula is C19H25BO3S. The van der Waals surface area contributed by atoms with Crippen LogP contribution >= 0.6 is 11.8 Å². The van der Waals surface area contributed by atoms with Gasteiger partial charge in [-0.1, -0.05) is 36.0 Å². The van der Waals surface area contributed by atoms with Crippen LogP contribution in [-0.4, -0.2) is 29.2 Å². The van der Waals surface area contributed by atoms with Crippen LogP contribution in [0.25, 0.3) is 6.08 Å². The summed E-state index contributed by atoms with van der Waals surface area (Å²) in [4.78, 5) is 11.4. The minimum Gasteiger partial charge on any atom is -0.400 e. The first-order valence-electron chi connectivity index (χ1n) is 8.49. The van der Waals surface area contributed by atoms with Crippen molar-refractivity contribution < 1.29 is 14.1 Å². The minimum absolute atomic E-state index is 0.106. The Hall–Kier alpha value is -1.04. The molecule has 0 N–H and O–H groups in total. The summed E-state index contributed by atoms with van der Waals surface area (Å²) in [7, 11) is -0.409. The molecule has 0 atom stereocenters. The van der Waals surface area contributed by atoms with Gasteiger partial charge >= 0.3 is 7.12 Å². The van der Waals surface area contributed by atoms with E-state index in [1.807, 2.05) is 27.7 Å².